The van der Waals surface area contributed by atoms with Crippen LogP contribution >= 0.6 is 0 Å². The van der Waals surface area contributed by atoms with Crippen LogP contribution in [0.25, 0.3) is 0 Å². The predicted molar refractivity (Wildman–Crippen MR) is 104 cm³/mol. The van der Waals surface area contributed by atoms with E-state index in [2.05, 4.69) is 15.6 Å². The molecule has 0 spiro atoms. The number of rotatable bonds is 5. The van der Waals surface area contributed by atoms with Crippen molar-refractivity contribution in [2.45, 2.75) is 50.3 Å². The Labute approximate surface area is 170 Å². The number of hydrogen-bond acceptors (Lipinski definition) is 6. The van der Waals surface area contributed by atoms with Gasteiger partial charge in [0.25, 0.3) is 12.4 Å². The number of carbonyl (C=O) groups is 3. The summed E-state index contributed by atoms with van der Waals surface area (Å²) in [4.78, 5) is 37.2. The van der Waals surface area contributed by atoms with Gasteiger partial charge in [0, 0.05) is 50.2 Å². The van der Waals surface area contributed by atoms with Gasteiger partial charge in [-0.3, -0.25) is 19.4 Å². The number of methoxy groups -OCH3 is 1. The smallest absolute Gasteiger partial charge is 0.290 e. The standard InChI is InChI=1S/C19H27N3O4.CH2O2/c1-25-17-12-14(19(24)21-15-6-10-26-11-7-15)2-3-16(17)22-18(23)13-4-8-20-9-5-13;2-1-3/h4-5,8-9,14-17H,2-3,6-7,10-12H2,1H3,(H,21,24)(H,22,23);1H,(H,2,3)/t14-,16+,17+;/m0./s1. The first-order chi connectivity index (χ1) is 14.1. The second-order valence-electron chi connectivity index (χ2n) is 7.10. The van der Waals surface area contributed by atoms with Crippen LogP contribution in [0.5, 0.6) is 0 Å². The normalized spacial score (nSPS) is 24.5. The molecule has 3 rings (SSSR count). The van der Waals surface area contributed by atoms with Crippen LogP contribution in [0.4, 0.5) is 0 Å². The highest BCUT2D eigenvalue weighted by atomic mass is 16.5. The van der Waals surface area contributed by atoms with Crippen LogP contribution in [-0.4, -0.2) is 66.9 Å². The van der Waals surface area contributed by atoms with Crippen molar-refractivity contribution in [3.05, 3.63) is 30.1 Å². The van der Waals surface area contributed by atoms with E-state index in [1.165, 1.54) is 0 Å². The number of nitrogens with zero attached hydrogens (tertiary/aromatic N) is 1. The van der Waals surface area contributed by atoms with Gasteiger partial charge in [0.1, 0.15) is 0 Å². The Morgan fingerprint density at radius 3 is 2.45 bits per heavy atom. The average molecular weight is 407 g/mol. The van der Waals surface area contributed by atoms with E-state index < -0.39 is 0 Å². The van der Waals surface area contributed by atoms with E-state index in [0.29, 0.717) is 25.2 Å². The van der Waals surface area contributed by atoms with Crippen LogP contribution in [-0.2, 0) is 19.1 Å². The van der Waals surface area contributed by atoms with E-state index in [1.807, 2.05) is 0 Å². The molecule has 0 aromatic carbocycles. The maximum atomic E-state index is 12.6. The van der Waals surface area contributed by atoms with Crippen LogP contribution in [0.2, 0.25) is 0 Å². The van der Waals surface area contributed by atoms with Crippen LogP contribution in [0.1, 0.15) is 42.5 Å². The summed E-state index contributed by atoms with van der Waals surface area (Å²) in [6, 6.07) is 3.49. The molecule has 3 atom stereocenters. The molecule has 160 valence electrons. The van der Waals surface area contributed by atoms with Gasteiger partial charge in [0.05, 0.1) is 12.1 Å². The molecule has 1 aliphatic heterocycles. The topological polar surface area (TPSA) is 127 Å². The maximum Gasteiger partial charge on any atom is 0.290 e. The molecule has 2 fully saturated rings. The Morgan fingerprint density at radius 2 is 1.83 bits per heavy atom. The second kappa shape index (κ2) is 12.1. The van der Waals surface area contributed by atoms with Gasteiger partial charge in [-0.15, -0.1) is 0 Å². The third-order valence-electron chi connectivity index (χ3n) is 5.29. The molecule has 1 aromatic rings. The largest absolute Gasteiger partial charge is 0.483 e. The lowest BCUT2D eigenvalue weighted by Gasteiger charge is -2.36. The monoisotopic (exact) mass is 407 g/mol. The summed E-state index contributed by atoms with van der Waals surface area (Å²) < 4.78 is 10.9. The van der Waals surface area contributed by atoms with Crippen LogP contribution in [0, 0.1) is 5.92 Å². The first kappa shape index (κ1) is 22.8. The van der Waals surface area contributed by atoms with Crippen LogP contribution in [0.15, 0.2) is 24.5 Å². The fourth-order valence-electron chi connectivity index (χ4n) is 3.71. The summed E-state index contributed by atoms with van der Waals surface area (Å²) in [6.45, 7) is 1.17. The minimum absolute atomic E-state index is 0.0723. The van der Waals surface area contributed by atoms with E-state index in [0.717, 1.165) is 25.7 Å². The van der Waals surface area contributed by atoms with Crippen molar-refractivity contribution in [1.82, 2.24) is 15.6 Å². The fourth-order valence-corrected chi connectivity index (χ4v) is 3.71. The number of carbonyl (C=O) groups excluding carboxylic acids is 2. The highest BCUT2D eigenvalue weighted by molar-refractivity contribution is 5.94. The molecule has 9 heteroatoms. The van der Waals surface area contributed by atoms with E-state index in [1.54, 1.807) is 31.6 Å². The highest BCUT2D eigenvalue weighted by Gasteiger charge is 2.35. The molecule has 2 amide bonds. The highest BCUT2D eigenvalue weighted by Crippen LogP contribution is 2.27. The fraction of sp³-hybridized carbons (Fsp3) is 0.600. The third-order valence-corrected chi connectivity index (χ3v) is 5.29. The Balaban J connectivity index is 0.000000941. The van der Waals surface area contributed by atoms with E-state index in [9.17, 15) is 9.59 Å². The van der Waals surface area contributed by atoms with Crippen molar-refractivity contribution >= 4 is 18.3 Å². The number of hydrogen-bond donors (Lipinski definition) is 3. The van der Waals surface area contributed by atoms with Crippen molar-refractivity contribution in [1.29, 1.82) is 0 Å². The van der Waals surface area contributed by atoms with Gasteiger partial charge in [0.15, 0.2) is 0 Å². The van der Waals surface area contributed by atoms with Crippen molar-refractivity contribution in [3.8, 4) is 0 Å². The first-order valence-electron chi connectivity index (χ1n) is 9.78. The van der Waals surface area contributed by atoms with Gasteiger partial charge >= 0.3 is 0 Å². The minimum Gasteiger partial charge on any atom is -0.483 e. The number of ether oxygens (including phenoxy) is 2. The SMILES string of the molecule is CO[C@@H]1C[C@@H](C(=O)NC2CCOCC2)CC[C@H]1NC(=O)c1ccncc1.O=CO. The van der Waals surface area contributed by atoms with Gasteiger partial charge in [0.2, 0.25) is 5.91 Å². The van der Waals surface area contributed by atoms with Gasteiger partial charge in [-0.05, 0) is 44.2 Å². The molecular formula is C20H29N3O6. The zero-order valence-corrected chi connectivity index (χ0v) is 16.6. The Bertz CT molecular complexity index is 651. The molecule has 29 heavy (non-hydrogen) atoms. The van der Waals surface area contributed by atoms with Crippen molar-refractivity contribution < 1.29 is 29.0 Å². The zero-order chi connectivity index (χ0) is 21.1. The summed E-state index contributed by atoms with van der Waals surface area (Å²) in [6.07, 6.45) is 6.86. The van der Waals surface area contributed by atoms with E-state index in [4.69, 9.17) is 19.4 Å². The Kier molecular flexibility index (Phi) is 9.52. The molecule has 1 saturated heterocycles. The molecule has 0 bridgehead atoms. The minimum atomic E-state index is -0.250. The average Bonchev–Trinajstić information content (AvgIpc) is 2.76. The van der Waals surface area contributed by atoms with E-state index in [-0.39, 0.29) is 42.4 Å². The van der Waals surface area contributed by atoms with Gasteiger partial charge in [-0.2, -0.15) is 0 Å². The van der Waals surface area contributed by atoms with Gasteiger partial charge in [-0.1, -0.05) is 0 Å². The summed E-state index contributed by atoms with van der Waals surface area (Å²) in [7, 11) is 1.63. The molecule has 1 saturated carbocycles. The van der Waals surface area contributed by atoms with E-state index >= 15 is 0 Å². The summed E-state index contributed by atoms with van der Waals surface area (Å²) in [5, 5.41) is 13.1. The molecule has 0 radical (unpaired) electrons. The van der Waals surface area contributed by atoms with Crippen molar-refractivity contribution in [2.24, 2.45) is 5.92 Å². The zero-order valence-electron chi connectivity index (χ0n) is 16.6. The Morgan fingerprint density at radius 1 is 1.17 bits per heavy atom. The molecule has 2 aliphatic rings. The third kappa shape index (κ3) is 7.10. The van der Waals surface area contributed by atoms with Gasteiger partial charge < -0.3 is 25.2 Å². The summed E-state index contributed by atoms with van der Waals surface area (Å²) in [5.74, 6) is -0.112. The summed E-state index contributed by atoms with van der Waals surface area (Å²) in [5.41, 5.74) is 0.578. The number of amides is 2. The van der Waals surface area contributed by atoms with Crippen LogP contribution < -0.4 is 10.6 Å². The van der Waals surface area contributed by atoms with Crippen LogP contribution in [0.3, 0.4) is 0 Å². The first-order valence-corrected chi connectivity index (χ1v) is 9.78. The molecule has 9 nitrogen and oxygen atoms in total. The van der Waals surface area contributed by atoms with Crippen molar-refractivity contribution in [2.75, 3.05) is 20.3 Å². The number of aromatic nitrogens is 1. The molecule has 1 aliphatic carbocycles. The number of nitrogens with one attached hydrogen (secondary N) is 2. The summed E-state index contributed by atoms with van der Waals surface area (Å²) >= 11 is 0. The predicted octanol–water partition coefficient (Wildman–Crippen LogP) is 0.991. The lowest BCUT2D eigenvalue weighted by Crippen LogP contribution is -2.51. The molecule has 0 unspecified atom stereocenters. The quantitative estimate of drug-likeness (QED) is 0.621. The molecule has 2 heterocycles. The maximum absolute atomic E-state index is 12.6. The van der Waals surface area contributed by atoms with Gasteiger partial charge in [-0.25, -0.2) is 0 Å². The number of carboxylic acid groups (broad SMARTS) is 1. The lowest BCUT2D eigenvalue weighted by atomic mass is 9.82. The Hall–Kier alpha value is -2.52. The molecule has 1 aromatic heterocycles. The lowest BCUT2D eigenvalue weighted by molar-refractivity contribution is -0.129. The molecular weight excluding hydrogens is 378 g/mol. The number of pyridine rings is 1. The van der Waals surface area contributed by atoms with Crippen molar-refractivity contribution in [3.63, 3.8) is 0 Å². The molecule has 3 N–H and O–H groups in total. The second-order valence-corrected chi connectivity index (χ2v) is 7.10.